The normalized spacial score (nSPS) is 19.9. The van der Waals surface area contributed by atoms with Crippen molar-refractivity contribution in [1.29, 1.82) is 0 Å². The third-order valence-corrected chi connectivity index (χ3v) is 3.54. The van der Waals surface area contributed by atoms with Crippen LogP contribution in [-0.4, -0.2) is 6.54 Å². The first-order chi connectivity index (χ1) is 7.63. The second-order valence-electron chi connectivity index (χ2n) is 5.03. The van der Waals surface area contributed by atoms with Gasteiger partial charge in [-0.3, -0.25) is 0 Å². The molecule has 88 valence electrons. The molecule has 0 radical (unpaired) electrons. The molecule has 0 amide bonds. The highest BCUT2D eigenvalue weighted by atomic mass is 14.9. The van der Waals surface area contributed by atoms with Crippen LogP contribution in [0.15, 0.2) is 12.1 Å². The summed E-state index contributed by atoms with van der Waals surface area (Å²) in [7, 11) is 0. The van der Waals surface area contributed by atoms with E-state index in [4.69, 9.17) is 5.73 Å². The van der Waals surface area contributed by atoms with Crippen LogP contribution in [-0.2, 0) is 12.8 Å². The summed E-state index contributed by atoms with van der Waals surface area (Å²) >= 11 is 0. The SMILES string of the molecule is CCc1cc2c(cc1N)CCNC2C(C)C. The van der Waals surface area contributed by atoms with Crippen LogP contribution in [0.4, 0.5) is 5.69 Å². The molecule has 1 aromatic carbocycles. The largest absolute Gasteiger partial charge is 0.398 e. The van der Waals surface area contributed by atoms with Gasteiger partial charge in [-0.1, -0.05) is 26.8 Å². The molecule has 1 heterocycles. The Bertz CT molecular complexity index is 383. The maximum Gasteiger partial charge on any atom is 0.0349 e. The summed E-state index contributed by atoms with van der Waals surface area (Å²) in [5.74, 6) is 0.632. The van der Waals surface area contributed by atoms with E-state index in [0.29, 0.717) is 12.0 Å². The zero-order chi connectivity index (χ0) is 11.7. The van der Waals surface area contributed by atoms with Gasteiger partial charge in [0.25, 0.3) is 0 Å². The van der Waals surface area contributed by atoms with Crippen molar-refractivity contribution >= 4 is 5.69 Å². The van der Waals surface area contributed by atoms with E-state index in [0.717, 1.165) is 25.1 Å². The Morgan fingerprint density at radius 1 is 1.44 bits per heavy atom. The molecule has 0 fully saturated rings. The van der Waals surface area contributed by atoms with E-state index in [1.807, 2.05) is 0 Å². The number of benzene rings is 1. The van der Waals surface area contributed by atoms with Gasteiger partial charge in [0.2, 0.25) is 0 Å². The molecule has 2 nitrogen and oxygen atoms in total. The van der Waals surface area contributed by atoms with Crippen molar-refractivity contribution in [2.45, 2.75) is 39.7 Å². The van der Waals surface area contributed by atoms with Crippen LogP contribution in [0.25, 0.3) is 0 Å². The minimum Gasteiger partial charge on any atom is -0.398 e. The van der Waals surface area contributed by atoms with Gasteiger partial charge in [-0.25, -0.2) is 0 Å². The van der Waals surface area contributed by atoms with Crippen LogP contribution in [0.3, 0.4) is 0 Å². The van der Waals surface area contributed by atoms with Gasteiger partial charge in [0.05, 0.1) is 0 Å². The number of rotatable bonds is 2. The van der Waals surface area contributed by atoms with Crippen molar-refractivity contribution in [3.63, 3.8) is 0 Å². The third kappa shape index (κ3) is 1.94. The fourth-order valence-corrected chi connectivity index (χ4v) is 2.61. The summed E-state index contributed by atoms with van der Waals surface area (Å²) in [5, 5.41) is 3.60. The Morgan fingerprint density at radius 2 is 2.19 bits per heavy atom. The summed E-state index contributed by atoms with van der Waals surface area (Å²) in [4.78, 5) is 0. The average Bonchev–Trinajstić information content (AvgIpc) is 2.26. The lowest BCUT2D eigenvalue weighted by Crippen LogP contribution is -2.33. The fourth-order valence-electron chi connectivity index (χ4n) is 2.61. The Balaban J connectivity index is 2.46. The van der Waals surface area contributed by atoms with E-state index in [1.165, 1.54) is 16.7 Å². The average molecular weight is 218 g/mol. The molecule has 1 unspecified atom stereocenters. The molecule has 0 aliphatic carbocycles. The van der Waals surface area contributed by atoms with Gasteiger partial charge in [-0.15, -0.1) is 0 Å². The minimum absolute atomic E-state index is 0.495. The molecule has 0 saturated carbocycles. The first kappa shape index (κ1) is 11.5. The summed E-state index contributed by atoms with van der Waals surface area (Å²) in [6, 6.07) is 4.99. The van der Waals surface area contributed by atoms with Gasteiger partial charge in [0.15, 0.2) is 0 Å². The second-order valence-corrected chi connectivity index (χ2v) is 5.03. The Hall–Kier alpha value is -1.02. The molecule has 1 aromatic rings. The summed E-state index contributed by atoms with van der Waals surface area (Å²) in [6.07, 6.45) is 2.12. The summed E-state index contributed by atoms with van der Waals surface area (Å²) in [5.41, 5.74) is 11.2. The lowest BCUT2D eigenvalue weighted by atomic mass is 9.86. The number of nitrogen functional groups attached to an aromatic ring is 1. The minimum atomic E-state index is 0.495. The number of hydrogen-bond acceptors (Lipinski definition) is 2. The molecule has 0 bridgehead atoms. The summed E-state index contributed by atoms with van der Waals surface area (Å²) in [6.45, 7) is 7.78. The van der Waals surface area contributed by atoms with E-state index in [1.54, 1.807) is 0 Å². The molecular formula is C14H22N2. The molecule has 1 aliphatic rings. The highest BCUT2D eigenvalue weighted by Crippen LogP contribution is 2.31. The topological polar surface area (TPSA) is 38.0 Å². The van der Waals surface area contributed by atoms with Gasteiger partial charge in [-0.2, -0.15) is 0 Å². The monoisotopic (exact) mass is 218 g/mol. The van der Waals surface area contributed by atoms with Crippen molar-refractivity contribution in [2.75, 3.05) is 12.3 Å². The van der Waals surface area contributed by atoms with E-state index < -0.39 is 0 Å². The molecule has 2 rings (SSSR count). The van der Waals surface area contributed by atoms with Crippen molar-refractivity contribution in [1.82, 2.24) is 5.32 Å². The second kappa shape index (κ2) is 4.46. The molecule has 3 N–H and O–H groups in total. The molecule has 1 aliphatic heterocycles. The number of nitrogens with one attached hydrogen (secondary N) is 1. The number of fused-ring (bicyclic) bond motifs is 1. The lowest BCUT2D eigenvalue weighted by Gasteiger charge is -2.30. The van der Waals surface area contributed by atoms with E-state index >= 15 is 0 Å². The Morgan fingerprint density at radius 3 is 2.81 bits per heavy atom. The van der Waals surface area contributed by atoms with Gasteiger partial charge in [-0.05, 0) is 48.1 Å². The maximum atomic E-state index is 6.06. The van der Waals surface area contributed by atoms with Crippen molar-refractivity contribution in [2.24, 2.45) is 5.92 Å². The van der Waals surface area contributed by atoms with E-state index in [2.05, 4.69) is 38.2 Å². The third-order valence-electron chi connectivity index (χ3n) is 3.54. The first-order valence-electron chi connectivity index (χ1n) is 6.28. The van der Waals surface area contributed by atoms with Crippen LogP contribution in [0, 0.1) is 5.92 Å². The zero-order valence-electron chi connectivity index (χ0n) is 10.5. The molecule has 2 heteroatoms. The quantitative estimate of drug-likeness (QED) is 0.749. The molecule has 0 saturated heterocycles. The Labute approximate surface area is 98.2 Å². The number of nitrogens with two attached hydrogens (primary N) is 1. The molecular weight excluding hydrogens is 196 g/mol. The van der Waals surface area contributed by atoms with Crippen molar-refractivity contribution in [3.05, 3.63) is 28.8 Å². The van der Waals surface area contributed by atoms with Crippen molar-refractivity contribution in [3.8, 4) is 0 Å². The van der Waals surface area contributed by atoms with Crippen LogP contribution < -0.4 is 11.1 Å². The first-order valence-corrected chi connectivity index (χ1v) is 6.28. The number of hydrogen-bond donors (Lipinski definition) is 2. The molecule has 16 heavy (non-hydrogen) atoms. The zero-order valence-corrected chi connectivity index (χ0v) is 10.5. The maximum absolute atomic E-state index is 6.06. The highest BCUT2D eigenvalue weighted by molar-refractivity contribution is 5.53. The van der Waals surface area contributed by atoms with E-state index in [-0.39, 0.29) is 0 Å². The summed E-state index contributed by atoms with van der Waals surface area (Å²) < 4.78 is 0. The fraction of sp³-hybridized carbons (Fsp3) is 0.571. The van der Waals surface area contributed by atoms with Crippen molar-refractivity contribution < 1.29 is 0 Å². The van der Waals surface area contributed by atoms with Crippen LogP contribution in [0.5, 0.6) is 0 Å². The highest BCUT2D eigenvalue weighted by Gasteiger charge is 2.23. The van der Waals surface area contributed by atoms with Gasteiger partial charge in [0, 0.05) is 11.7 Å². The lowest BCUT2D eigenvalue weighted by molar-refractivity contribution is 0.395. The standard InChI is InChI=1S/C14H22N2/c1-4-10-7-12-11(8-13(10)15)5-6-16-14(12)9(2)3/h7-9,14,16H,4-6,15H2,1-3H3. The smallest absolute Gasteiger partial charge is 0.0349 e. The molecule has 1 atom stereocenters. The van der Waals surface area contributed by atoms with Crippen LogP contribution in [0.2, 0.25) is 0 Å². The number of anilines is 1. The van der Waals surface area contributed by atoms with Crippen LogP contribution in [0.1, 0.15) is 43.5 Å². The predicted molar refractivity (Wildman–Crippen MR) is 69.5 cm³/mol. The van der Waals surface area contributed by atoms with Gasteiger partial charge < -0.3 is 11.1 Å². The molecule has 0 spiro atoms. The predicted octanol–water partition coefficient (Wildman–Crippen LogP) is 2.67. The van der Waals surface area contributed by atoms with Gasteiger partial charge in [0.1, 0.15) is 0 Å². The van der Waals surface area contributed by atoms with E-state index in [9.17, 15) is 0 Å². The van der Waals surface area contributed by atoms with Crippen LogP contribution >= 0.6 is 0 Å². The number of aryl methyl sites for hydroxylation is 1. The van der Waals surface area contributed by atoms with Gasteiger partial charge >= 0.3 is 0 Å². The molecule has 0 aromatic heterocycles. The Kier molecular flexibility index (Phi) is 3.20.